The van der Waals surface area contributed by atoms with Crippen molar-refractivity contribution in [3.8, 4) is 11.5 Å². The molecule has 0 aliphatic rings. The summed E-state index contributed by atoms with van der Waals surface area (Å²) in [6, 6.07) is 10.4. The van der Waals surface area contributed by atoms with Crippen molar-refractivity contribution in [3.05, 3.63) is 52.0 Å². The zero-order chi connectivity index (χ0) is 14.0. The lowest BCUT2D eigenvalue weighted by atomic mass is 10.1. The summed E-state index contributed by atoms with van der Waals surface area (Å²) in [5.41, 5.74) is 12.9. The molecule has 0 fully saturated rings. The van der Waals surface area contributed by atoms with Gasteiger partial charge in [0.25, 0.3) is 5.91 Å². The molecule has 0 aliphatic carbocycles. The van der Waals surface area contributed by atoms with E-state index in [0.29, 0.717) is 22.7 Å². The quantitative estimate of drug-likeness (QED) is 0.852. The summed E-state index contributed by atoms with van der Waals surface area (Å²) in [4.78, 5) is 11.4. The molecule has 0 spiro atoms. The fourth-order valence-electron chi connectivity index (χ4n) is 1.63. The van der Waals surface area contributed by atoms with E-state index < -0.39 is 5.91 Å². The molecule has 0 unspecified atom stereocenters. The Kier molecular flexibility index (Phi) is 3.76. The van der Waals surface area contributed by atoms with Crippen LogP contribution < -0.4 is 16.2 Å². The minimum Gasteiger partial charge on any atom is -0.455 e. The Labute approximate surface area is 119 Å². The number of carbonyl (C=O) groups is 1. The molecule has 1 amide bonds. The van der Waals surface area contributed by atoms with Gasteiger partial charge in [-0.1, -0.05) is 6.07 Å². The first kappa shape index (κ1) is 13.4. The van der Waals surface area contributed by atoms with Gasteiger partial charge >= 0.3 is 0 Å². The molecule has 0 radical (unpaired) electrons. The maximum atomic E-state index is 11.4. The highest BCUT2D eigenvalue weighted by Crippen LogP contribution is 2.33. The van der Waals surface area contributed by atoms with Crippen LogP contribution in [0.15, 0.2) is 40.9 Å². The smallest absolute Gasteiger partial charge is 0.252 e. The van der Waals surface area contributed by atoms with Crippen molar-refractivity contribution in [1.82, 2.24) is 0 Å². The molecule has 2 aromatic carbocycles. The molecule has 4 N–H and O–H groups in total. The van der Waals surface area contributed by atoms with E-state index >= 15 is 0 Å². The van der Waals surface area contributed by atoms with Gasteiger partial charge in [0.15, 0.2) is 0 Å². The highest BCUT2D eigenvalue weighted by Gasteiger charge is 2.12. The summed E-state index contributed by atoms with van der Waals surface area (Å²) >= 11 is 3.41. The van der Waals surface area contributed by atoms with Crippen LogP contribution in [0.5, 0.6) is 11.5 Å². The fraction of sp³-hybridized carbons (Fsp3) is 0.0714. The zero-order valence-electron chi connectivity index (χ0n) is 10.3. The number of hydrogen-bond donors (Lipinski definition) is 2. The van der Waals surface area contributed by atoms with Crippen molar-refractivity contribution < 1.29 is 9.53 Å². The van der Waals surface area contributed by atoms with Crippen molar-refractivity contribution in [3.63, 3.8) is 0 Å². The predicted molar refractivity (Wildman–Crippen MR) is 78.3 cm³/mol. The first-order chi connectivity index (χ1) is 8.97. The van der Waals surface area contributed by atoms with Gasteiger partial charge in [-0.15, -0.1) is 0 Å². The predicted octanol–water partition coefficient (Wildman–Crippen LogP) is 3.23. The summed E-state index contributed by atoms with van der Waals surface area (Å²) in [5.74, 6) is 0.383. The van der Waals surface area contributed by atoms with Crippen LogP contribution >= 0.6 is 15.9 Å². The Hall–Kier alpha value is -2.01. The number of benzene rings is 2. The third kappa shape index (κ3) is 3.06. The molecule has 0 aliphatic heterocycles. The van der Waals surface area contributed by atoms with E-state index in [-0.39, 0.29) is 0 Å². The summed E-state index contributed by atoms with van der Waals surface area (Å²) in [7, 11) is 0. The zero-order valence-corrected chi connectivity index (χ0v) is 11.9. The lowest BCUT2D eigenvalue weighted by Crippen LogP contribution is -2.12. The maximum Gasteiger partial charge on any atom is 0.252 e. The Morgan fingerprint density at radius 1 is 1.16 bits per heavy atom. The van der Waals surface area contributed by atoms with Crippen molar-refractivity contribution in [2.24, 2.45) is 5.73 Å². The molecular formula is C14H13BrN2O2. The molecule has 5 heteroatoms. The second kappa shape index (κ2) is 5.32. The molecule has 0 bridgehead atoms. The average Bonchev–Trinajstić information content (AvgIpc) is 2.32. The van der Waals surface area contributed by atoms with E-state index in [9.17, 15) is 4.79 Å². The summed E-state index contributed by atoms with van der Waals surface area (Å²) in [6.07, 6.45) is 0. The molecule has 2 aromatic rings. The number of anilines is 1. The van der Waals surface area contributed by atoms with Crippen molar-refractivity contribution in [2.75, 3.05) is 5.73 Å². The Bertz CT molecular complexity index is 641. The molecule has 0 heterocycles. The minimum atomic E-state index is -0.557. The van der Waals surface area contributed by atoms with Gasteiger partial charge in [0.05, 0.1) is 10.0 Å². The molecule has 0 saturated carbocycles. The summed E-state index contributed by atoms with van der Waals surface area (Å²) < 4.78 is 6.51. The monoisotopic (exact) mass is 320 g/mol. The third-order valence-electron chi connectivity index (χ3n) is 2.58. The first-order valence-electron chi connectivity index (χ1n) is 5.60. The van der Waals surface area contributed by atoms with Crippen LogP contribution in [-0.4, -0.2) is 5.91 Å². The molecule has 0 aromatic heterocycles. The van der Waals surface area contributed by atoms with Crippen molar-refractivity contribution in [2.45, 2.75) is 6.92 Å². The minimum absolute atomic E-state index is 0.293. The molecule has 0 saturated heterocycles. The Balaban J connectivity index is 2.42. The van der Waals surface area contributed by atoms with Gasteiger partial charge in [0, 0.05) is 11.8 Å². The van der Waals surface area contributed by atoms with Gasteiger partial charge in [-0.05, 0) is 52.7 Å². The van der Waals surface area contributed by atoms with Crippen LogP contribution in [0.3, 0.4) is 0 Å². The highest BCUT2D eigenvalue weighted by atomic mass is 79.9. The molecule has 98 valence electrons. The van der Waals surface area contributed by atoms with E-state index in [2.05, 4.69) is 15.9 Å². The summed E-state index contributed by atoms with van der Waals surface area (Å²) in [5, 5.41) is 0. The number of nitrogens with two attached hydrogens (primary N) is 2. The van der Waals surface area contributed by atoms with E-state index in [1.54, 1.807) is 18.2 Å². The summed E-state index contributed by atoms with van der Waals surface area (Å²) in [6.45, 7) is 1.98. The van der Waals surface area contributed by atoms with Gasteiger partial charge in [-0.2, -0.15) is 0 Å². The van der Waals surface area contributed by atoms with Gasteiger partial charge in [-0.3, -0.25) is 4.79 Å². The van der Waals surface area contributed by atoms with Gasteiger partial charge < -0.3 is 16.2 Å². The molecular weight excluding hydrogens is 308 g/mol. The topological polar surface area (TPSA) is 78.3 Å². The average molecular weight is 321 g/mol. The molecule has 4 nitrogen and oxygen atoms in total. The van der Waals surface area contributed by atoms with Crippen molar-refractivity contribution in [1.29, 1.82) is 0 Å². The SMILES string of the molecule is Cc1ccc(Oc2cc(N)ccc2C(N)=O)c(Br)c1. The van der Waals surface area contributed by atoms with Crippen LogP contribution in [-0.2, 0) is 0 Å². The normalized spacial score (nSPS) is 10.2. The fourth-order valence-corrected chi connectivity index (χ4v) is 2.21. The van der Waals surface area contributed by atoms with Crippen molar-refractivity contribution >= 4 is 27.5 Å². The second-order valence-electron chi connectivity index (χ2n) is 4.16. The Morgan fingerprint density at radius 3 is 2.53 bits per heavy atom. The first-order valence-corrected chi connectivity index (χ1v) is 6.40. The maximum absolute atomic E-state index is 11.4. The lowest BCUT2D eigenvalue weighted by molar-refractivity contribution is 0.0998. The number of halogens is 1. The Morgan fingerprint density at radius 2 is 1.89 bits per heavy atom. The molecule has 2 rings (SSSR count). The van der Waals surface area contributed by atoms with Crippen LogP contribution in [0.1, 0.15) is 15.9 Å². The van der Waals surface area contributed by atoms with Gasteiger partial charge in [0.1, 0.15) is 11.5 Å². The number of amides is 1. The van der Waals surface area contributed by atoms with Crippen LogP contribution in [0.25, 0.3) is 0 Å². The highest BCUT2D eigenvalue weighted by molar-refractivity contribution is 9.10. The number of primary amides is 1. The van der Waals surface area contributed by atoms with E-state index in [1.165, 1.54) is 0 Å². The van der Waals surface area contributed by atoms with E-state index in [4.69, 9.17) is 16.2 Å². The van der Waals surface area contributed by atoms with Gasteiger partial charge in [0.2, 0.25) is 0 Å². The van der Waals surface area contributed by atoms with E-state index in [1.807, 2.05) is 25.1 Å². The van der Waals surface area contributed by atoms with E-state index in [0.717, 1.165) is 10.0 Å². The van der Waals surface area contributed by atoms with Crippen LogP contribution in [0, 0.1) is 6.92 Å². The number of hydrogen-bond acceptors (Lipinski definition) is 3. The number of ether oxygens (including phenoxy) is 1. The number of carbonyl (C=O) groups excluding carboxylic acids is 1. The second-order valence-corrected chi connectivity index (χ2v) is 5.01. The third-order valence-corrected chi connectivity index (χ3v) is 3.20. The lowest BCUT2D eigenvalue weighted by Gasteiger charge is -2.11. The molecule has 19 heavy (non-hydrogen) atoms. The van der Waals surface area contributed by atoms with Crippen LogP contribution in [0.2, 0.25) is 0 Å². The number of nitrogen functional groups attached to an aromatic ring is 1. The standard InChI is InChI=1S/C14H13BrN2O2/c1-8-2-5-12(11(15)6-8)19-13-7-9(16)3-4-10(13)14(17)18/h2-7H,16H2,1H3,(H2,17,18). The largest absolute Gasteiger partial charge is 0.455 e. The van der Waals surface area contributed by atoms with Crippen LogP contribution in [0.4, 0.5) is 5.69 Å². The van der Waals surface area contributed by atoms with Gasteiger partial charge in [-0.25, -0.2) is 0 Å². The number of aryl methyl sites for hydroxylation is 1. The number of rotatable bonds is 3. The molecule has 0 atom stereocenters.